The first kappa shape index (κ1) is 15.7. The summed E-state index contributed by atoms with van der Waals surface area (Å²) >= 11 is 0. The van der Waals surface area contributed by atoms with Crippen LogP contribution < -0.4 is 10.6 Å². The first-order valence-corrected chi connectivity index (χ1v) is 6.92. The quantitative estimate of drug-likeness (QED) is 0.825. The van der Waals surface area contributed by atoms with Gasteiger partial charge in [-0.1, -0.05) is 45.0 Å². The second-order valence-corrected chi connectivity index (χ2v) is 6.58. The molecule has 1 rings (SSSR count). The van der Waals surface area contributed by atoms with E-state index in [2.05, 4.69) is 58.9 Å². The van der Waals surface area contributed by atoms with Crippen LogP contribution in [0.4, 0.5) is 0 Å². The number of rotatable bonds is 5. The fourth-order valence-electron chi connectivity index (χ4n) is 2.08. The van der Waals surface area contributed by atoms with Gasteiger partial charge in [-0.15, -0.1) is 0 Å². The summed E-state index contributed by atoms with van der Waals surface area (Å²) in [6.07, 6.45) is 0. The van der Waals surface area contributed by atoms with E-state index in [4.69, 9.17) is 5.73 Å². The van der Waals surface area contributed by atoms with Crippen molar-refractivity contribution in [2.24, 2.45) is 5.73 Å². The van der Waals surface area contributed by atoms with Crippen LogP contribution in [0.1, 0.15) is 45.7 Å². The molecule has 3 heteroatoms. The summed E-state index contributed by atoms with van der Waals surface area (Å²) in [5, 5.41) is 0. The third kappa shape index (κ3) is 5.03. The van der Waals surface area contributed by atoms with Gasteiger partial charge in [0.05, 0.1) is 6.04 Å². The van der Waals surface area contributed by atoms with Crippen LogP contribution in [0.2, 0.25) is 0 Å². The van der Waals surface area contributed by atoms with E-state index in [1.165, 1.54) is 16.0 Å². The van der Waals surface area contributed by atoms with Crippen molar-refractivity contribution in [3.8, 4) is 0 Å². The smallest absolute Gasteiger partial charge is 0.272 e. The minimum atomic E-state index is -0.241. The highest BCUT2D eigenvalue weighted by Gasteiger charge is 2.17. The largest absolute Gasteiger partial charge is 0.365 e. The highest BCUT2D eigenvalue weighted by molar-refractivity contribution is 5.74. The van der Waals surface area contributed by atoms with Gasteiger partial charge < -0.3 is 10.6 Å². The summed E-state index contributed by atoms with van der Waals surface area (Å²) in [5.74, 6) is -0.241. The Labute approximate surface area is 116 Å². The third-order valence-corrected chi connectivity index (χ3v) is 3.47. The molecule has 0 aliphatic rings. The van der Waals surface area contributed by atoms with Gasteiger partial charge in [-0.25, -0.2) is 0 Å². The highest BCUT2D eigenvalue weighted by atomic mass is 16.1. The lowest BCUT2D eigenvalue weighted by atomic mass is 9.87. The predicted molar refractivity (Wildman–Crippen MR) is 79.0 cm³/mol. The molecule has 0 spiro atoms. The standard InChI is InChI=1S/C16H26N2O/c1-12(2)18(11-15(17)19)10-13-6-8-14(9-7-13)16(3,4)5/h6-9,12H,10-11H2,1-5H3,(H2,17,19)/p+1. The van der Waals surface area contributed by atoms with Crippen molar-refractivity contribution in [1.82, 2.24) is 0 Å². The predicted octanol–water partition coefficient (Wildman–Crippen LogP) is 1.26. The maximum absolute atomic E-state index is 11.1. The average molecular weight is 263 g/mol. The molecular weight excluding hydrogens is 236 g/mol. The third-order valence-electron chi connectivity index (χ3n) is 3.47. The van der Waals surface area contributed by atoms with E-state index in [1.54, 1.807) is 0 Å². The van der Waals surface area contributed by atoms with Crippen LogP contribution in [-0.4, -0.2) is 18.5 Å². The lowest BCUT2D eigenvalue weighted by Crippen LogP contribution is -3.14. The van der Waals surface area contributed by atoms with Crippen LogP contribution in [0.5, 0.6) is 0 Å². The van der Waals surface area contributed by atoms with Gasteiger partial charge in [0, 0.05) is 5.56 Å². The summed E-state index contributed by atoms with van der Waals surface area (Å²) in [7, 11) is 0. The molecule has 0 aromatic heterocycles. The van der Waals surface area contributed by atoms with Crippen molar-refractivity contribution in [3.05, 3.63) is 35.4 Å². The minimum absolute atomic E-state index is 0.177. The van der Waals surface area contributed by atoms with Crippen LogP contribution in [0.15, 0.2) is 24.3 Å². The van der Waals surface area contributed by atoms with Gasteiger partial charge in [-0.05, 0) is 24.8 Å². The number of carbonyl (C=O) groups is 1. The molecule has 0 saturated carbocycles. The molecular formula is C16H27N2O+. The van der Waals surface area contributed by atoms with Gasteiger partial charge in [-0.2, -0.15) is 0 Å². The zero-order valence-corrected chi connectivity index (χ0v) is 12.8. The van der Waals surface area contributed by atoms with Gasteiger partial charge in [0.2, 0.25) is 0 Å². The van der Waals surface area contributed by atoms with Crippen LogP contribution in [0.3, 0.4) is 0 Å². The fourth-order valence-corrected chi connectivity index (χ4v) is 2.08. The maximum atomic E-state index is 11.1. The van der Waals surface area contributed by atoms with Crippen molar-refractivity contribution >= 4 is 5.91 Å². The van der Waals surface area contributed by atoms with Crippen molar-refractivity contribution in [1.29, 1.82) is 0 Å². The summed E-state index contributed by atoms with van der Waals surface area (Å²) in [6, 6.07) is 9.05. The fraction of sp³-hybridized carbons (Fsp3) is 0.562. The molecule has 1 aromatic rings. The second-order valence-electron chi connectivity index (χ2n) is 6.58. The molecule has 1 unspecified atom stereocenters. The molecule has 19 heavy (non-hydrogen) atoms. The molecule has 1 amide bonds. The van der Waals surface area contributed by atoms with Gasteiger partial charge in [0.15, 0.2) is 6.54 Å². The molecule has 0 aliphatic carbocycles. The first-order chi connectivity index (χ1) is 8.70. The SMILES string of the molecule is CC(C)[NH+](CC(N)=O)Cc1ccc(C(C)(C)C)cc1. The van der Waals surface area contributed by atoms with Gasteiger partial charge in [0.1, 0.15) is 6.54 Å². The van der Waals surface area contributed by atoms with Crippen LogP contribution in [0.25, 0.3) is 0 Å². The summed E-state index contributed by atoms with van der Waals surface area (Å²) < 4.78 is 0. The van der Waals surface area contributed by atoms with E-state index in [9.17, 15) is 4.79 Å². The number of quaternary nitrogens is 1. The molecule has 1 atom stereocenters. The lowest BCUT2D eigenvalue weighted by molar-refractivity contribution is -0.927. The normalized spacial score (nSPS) is 13.6. The molecule has 0 saturated heterocycles. The number of amides is 1. The van der Waals surface area contributed by atoms with E-state index in [1.807, 2.05) is 0 Å². The molecule has 1 aromatic carbocycles. The lowest BCUT2D eigenvalue weighted by Gasteiger charge is -2.23. The Morgan fingerprint density at radius 1 is 1.21 bits per heavy atom. The van der Waals surface area contributed by atoms with Gasteiger partial charge >= 0.3 is 0 Å². The Kier molecular flexibility index (Phi) is 5.12. The van der Waals surface area contributed by atoms with E-state index in [-0.39, 0.29) is 11.3 Å². The Hall–Kier alpha value is -1.35. The maximum Gasteiger partial charge on any atom is 0.272 e. The summed E-state index contributed by atoms with van der Waals surface area (Å²) in [4.78, 5) is 12.3. The Morgan fingerprint density at radius 2 is 1.74 bits per heavy atom. The first-order valence-electron chi connectivity index (χ1n) is 6.92. The van der Waals surface area contributed by atoms with Crippen LogP contribution in [0, 0.1) is 0 Å². The Balaban J connectivity index is 2.78. The number of nitrogens with one attached hydrogen (secondary N) is 1. The topological polar surface area (TPSA) is 47.5 Å². The summed E-state index contributed by atoms with van der Waals surface area (Å²) in [6.45, 7) is 12.1. The van der Waals surface area contributed by atoms with Gasteiger partial charge in [-0.3, -0.25) is 4.79 Å². The van der Waals surface area contributed by atoms with E-state index < -0.39 is 0 Å². The molecule has 0 heterocycles. The molecule has 0 fully saturated rings. The molecule has 3 N–H and O–H groups in total. The number of hydrogen-bond donors (Lipinski definition) is 2. The number of nitrogens with two attached hydrogens (primary N) is 1. The molecule has 0 bridgehead atoms. The minimum Gasteiger partial charge on any atom is -0.365 e. The number of carbonyl (C=O) groups excluding carboxylic acids is 1. The zero-order chi connectivity index (χ0) is 14.6. The van der Waals surface area contributed by atoms with Crippen molar-refractivity contribution in [2.75, 3.05) is 6.54 Å². The van der Waals surface area contributed by atoms with E-state index >= 15 is 0 Å². The summed E-state index contributed by atoms with van der Waals surface area (Å²) in [5.41, 5.74) is 8.06. The van der Waals surface area contributed by atoms with E-state index in [0.29, 0.717) is 12.6 Å². The number of benzene rings is 1. The highest BCUT2D eigenvalue weighted by Crippen LogP contribution is 2.21. The second kappa shape index (κ2) is 6.20. The Morgan fingerprint density at radius 3 is 2.11 bits per heavy atom. The monoisotopic (exact) mass is 263 g/mol. The molecule has 106 valence electrons. The van der Waals surface area contributed by atoms with Crippen molar-refractivity contribution in [3.63, 3.8) is 0 Å². The van der Waals surface area contributed by atoms with Crippen molar-refractivity contribution < 1.29 is 9.69 Å². The van der Waals surface area contributed by atoms with Crippen LogP contribution >= 0.6 is 0 Å². The average Bonchev–Trinajstić information content (AvgIpc) is 2.27. The molecule has 0 aliphatic heterocycles. The van der Waals surface area contributed by atoms with Crippen molar-refractivity contribution in [2.45, 2.75) is 52.6 Å². The molecule has 0 radical (unpaired) electrons. The van der Waals surface area contributed by atoms with Crippen LogP contribution in [-0.2, 0) is 16.8 Å². The zero-order valence-electron chi connectivity index (χ0n) is 12.8. The Bertz CT molecular complexity index is 415. The number of primary amides is 1. The number of hydrogen-bond acceptors (Lipinski definition) is 1. The van der Waals surface area contributed by atoms with Gasteiger partial charge in [0.25, 0.3) is 5.91 Å². The molecule has 3 nitrogen and oxygen atoms in total. The van der Waals surface area contributed by atoms with E-state index in [0.717, 1.165) is 6.54 Å².